The van der Waals surface area contributed by atoms with E-state index in [1.807, 2.05) is 0 Å². The molecule has 18 heavy (non-hydrogen) atoms. The van der Waals surface area contributed by atoms with Gasteiger partial charge >= 0.3 is 0 Å². The van der Waals surface area contributed by atoms with Crippen LogP contribution in [0.2, 0.25) is 0 Å². The number of halogens is 1. The fraction of sp³-hybridized carbons (Fsp3) is 0.600. The number of anilines is 1. The summed E-state index contributed by atoms with van der Waals surface area (Å²) in [7, 11) is 0. The Kier molecular flexibility index (Phi) is 3.62. The largest absolute Gasteiger partial charge is 0.368 e. The second kappa shape index (κ2) is 5.22. The van der Waals surface area contributed by atoms with Gasteiger partial charge < -0.3 is 10.6 Å². The van der Waals surface area contributed by atoms with E-state index < -0.39 is 0 Å². The lowest BCUT2D eigenvalue weighted by Gasteiger charge is -2.25. The maximum Gasteiger partial charge on any atom is 0.0380 e. The van der Waals surface area contributed by atoms with Crippen molar-refractivity contribution < 1.29 is 0 Å². The third kappa shape index (κ3) is 2.89. The van der Waals surface area contributed by atoms with E-state index in [0.29, 0.717) is 6.54 Å². The molecule has 2 fully saturated rings. The summed E-state index contributed by atoms with van der Waals surface area (Å²) in [6.07, 6.45) is 6.54. The minimum atomic E-state index is 0.715. The van der Waals surface area contributed by atoms with E-state index in [0.717, 1.165) is 18.4 Å². The summed E-state index contributed by atoms with van der Waals surface area (Å²) >= 11 is 3.69. The monoisotopic (exact) mass is 308 g/mol. The molecule has 0 amide bonds. The standard InChI is InChI=1S/C15H21BrN2/c16-15-9-14(4-3-12(15)7-8-17)18(13-5-6-13)10-11-1-2-11/h3-4,9,11,13H,1-2,5-8,10,17H2. The summed E-state index contributed by atoms with van der Waals surface area (Å²) in [6, 6.07) is 7.59. The third-order valence-electron chi connectivity index (χ3n) is 3.92. The molecule has 3 heteroatoms. The molecule has 0 radical (unpaired) electrons. The van der Waals surface area contributed by atoms with Crippen molar-refractivity contribution in [3.05, 3.63) is 28.2 Å². The van der Waals surface area contributed by atoms with Crippen molar-refractivity contribution in [2.24, 2.45) is 11.7 Å². The fourth-order valence-corrected chi connectivity index (χ4v) is 3.07. The maximum absolute atomic E-state index is 5.63. The molecule has 2 aliphatic rings. The normalized spacial score (nSPS) is 19.0. The quantitative estimate of drug-likeness (QED) is 0.873. The third-order valence-corrected chi connectivity index (χ3v) is 4.66. The summed E-state index contributed by atoms with van der Waals surface area (Å²) in [4.78, 5) is 2.62. The summed E-state index contributed by atoms with van der Waals surface area (Å²) in [6.45, 7) is 1.97. The summed E-state index contributed by atoms with van der Waals surface area (Å²) in [5, 5.41) is 0. The van der Waals surface area contributed by atoms with Gasteiger partial charge in [-0.3, -0.25) is 0 Å². The van der Waals surface area contributed by atoms with E-state index in [9.17, 15) is 0 Å². The zero-order valence-electron chi connectivity index (χ0n) is 10.7. The van der Waals surface area contributed by atoms with E-state index in [-0.39, 0.29) is 0 Å². The van der Waals surface area contributed by atoms with E-state index in [1.165, 1.54) is 48.0 Å². The van der Waals surface area contributed by atoms with Crippen LogP contribution >= 0.6 is 15.9 Å². The number of nitrogens with zero attached hydrogens (tertiary/aromatic N) is 1. The molecule has 0 unspecified atom stereocenters. The Morgan fingerprint density at radius 3 is 2.56 bits per heavy atom. The molecule has 2 nitrogen and oxygen atoms in total. The first kappa shape index (κ1) is 12.5. The maximum atomic E-state index is 5.63. The molecule has 0 atom stereocenters. The van der Waals surface area contributed by atoms with Crippen molar-refractivity contribution in [2.75, 3.05) is 18.0 Å². The molecule has 98 valence electrons. The zero-order valence-corrected chi connectivity index (χ0v) is 12.3. The predicted octanol–water partition coefficient (Wildman–Crippen LogP) is 3.33. The fourth-order valence-electron chi connectivity index (χ4n) is 2.50. The lowest BCUT2D eigenvalue weighted by Crippen LogP contribution is -2.28. The first-order valence-electron chi connectivity index (χ1n) is 7.03. The SMILES string of the molecule is NCCc1ccc(N(CC2CC2)C2CC2)cc1Br. The summed E-state index contributed by atoms with van der Waals surface area (Å²) in [5.74, 6) is 0.952. The lowest BCUT2D eigenvalue weighted by atomic mass is 10.1. The Hall–Kier alpha value is -0.540. The van der Waals surface area contributed by atoms with E-state index >= 15 is 0 Å². The first-order chi connectivity index (χ1) is 8.78. The Labute approximate surface area is 118 Å². The van der Waals surface area contributed by atoms with Crippen molar-refractivity contribution in [3.63, 3.8) is 0 Å². The van der Waals surface area contributed by atoms with Crippen LogP contribution in [0, 0.1) is 5.92 Å². The molecule has 2 N–H and O–H groups in total. The highest BCUT2D eigenvalue weighted by atomic mass is 79.9. The minimum absolute atomic E-state index is 0.715. The molecule has 2 aliphatic carbocycles. The summed E-state index contributed by atoms with van der Waals surface area (Å²) in [5.41, 5.74) is 8.34. The van der Waals surface area contributed by atoms with Crippen LogP contribution in [0.5, 0.6) is 0 Å². The van der Waals surface area contributed by atoms with Gasteiger partial charge in [-0.2, -0.15) is 0 Å². The van der Waals surface area contributed by atoms with Gasteiger partial charge in [0.2, 0.25) is 0 Å². The van der Waals surface area contributed by atoms with Crippen LogP contribution < -0.4 is 10.6 Å². The number of hydrogen-bond acceptors (Lipinski definition) is 2. The number of benzene rings is 1. The first-order valence-corrected chi connectivity index (χ1v) is 7.82. The topological polar surface area (TPSA) is 29.3 Å². The Balaban J connectivity index is 1.77. The van der Waals surface area contributed by atoms with Gasteiger partial charge in [0.1, 0.15) is 0 Å². The molecule has 0 bridgehead atoms. The highest BCUT2D eigenvalue weighted by Gasteiger charge is 2.33. The van der Waals surface area contributed by atoms with Gasteiger partial charge in [0, 0.05) is 22.7 Å². The van der Waals surface area contributed by atoms with Crippen LogP contribution in [0.4, 0.5) is 5.69 Å². The molecule has 1 aromatic rings. The molecular formula is C15H21BrN2. The average molecular weight is 309 g/mol. The van der Waals surface area contributed by atoms with Gasteiger partial charge in [0.15, 0.2) is 0 Å². The highest BCUT2D eigenvalue weighted by molar-refractivity contribution is 9.10. The molecular weight excluding hydrogens is 288 g/mol. The minimum Gasteiger partial charge on any atom is -0.368 e. The van der Waals surface area contributed by atoms with Crippen molar-refractivity contribution in [3.8, 4) is 0 Å². The Morgan fingerprint density at radius 1 is 1.22 bits per heavy atom. The molecule has 0 saturated heterocycles. The number of rotatable bonds is 6. The number of hydrogen-bond donors (Lipinski definition) is 1. The second-order valence-corrected chi connectivity index (χ2v) is 6.50. The van der Waals surface area contributed by atoms with Gasteiger partial charge in [-0.1, -0.05) is 22.0 Å². The molecule has 0 spiro atoms. The van der Waals surface area contributed by atoms with Crippen molar-refractivity contribution in [1.29, 1.82) is 0 Å². The number of nitrogens with two attached hydrogens (primary N) is 1. The molecule has 1 aromatic carbocycles. The summed E-state index contributed by atoms with van der Waals surface area (Å²) < 4.78 is 1.21. The Morgan fingerprint density at radius 2 is 2.00 bits per heavy atom. The van der Waals surface area contributed by atoms with Crippen LogP contribution in [-0.4, -0.2) is 19.1 Å². The van der Waals surface area contributed by atoms with Gasteiger partial charge in [-0.15, -0.1) is 0 Å². The molecule has 0 aromatic heterocycles. The van der Waals surface area contributed by atoms with Gasteiger partial charge in [-0.05, 0) is 62.3 Å². The molecule has 2 saturated carbocycles. The van der Waals surface area contributed by atoms with Gasteiger partial charge in [0.05, 0.1) is 0 Å². The molecule has 0 aliphatic heterocycles. The van der Waals surface area contributed by atoms with Crippen molar-refractivity contribution in [2.45, 2.75) is 38.1 Å². The highest BCUT2D eigenvalue weighted by Crippen LogP contribution is 2.38. The van der Waals surface area contributed by atoms with E-state index in [1.54, 1.807) is 0 Å². The van der Waals surface area contributed by atoms with Crippen LogP contribution in [0.3, 0.4) is 0 Å². The molecule has 3 rings (SSSR count). The average Bonchev–Trinajstić information content (AvgIpc) is 3.23. The van der Waals surface area contributed by atoms with Gasteiger partial charge in [0.25, 0.3) is 0 Å². The van der Waals surface area contributed by atoms with Crippen LogP contribution in [-0.2, 0) is 6.42 Å². The lowest BCUT2D eigenvalue weighted by molar-refractivity contribution is 0.718. The van der Waals surface area contributed by atoms with E-state index in [2.05, 4.69) is 39.0 Å². The van der Waals surface area contributed by atoms with Crippen molar-refractivity contribution >= 4 is 21.6 Å². The Bertz CT molecular complexity index is 425. The van der Waals surface area contributed by atoms with Crippen molar-refractivity contribution in [1.82, 2.24) is 0 Å². The zero-order chi connectivity index (χ0) is 12.5. The predicted molar refractivity (Wildman–Crippen MR) is 80.0 cm³/mol. The van der Waals surface area contributed by atoms with Crippen LogP contribution in [0.25, 0.3) is 0 Å². The second-order valence-electron chi connectivity index (χ2n) is 5.64. The molecule has 0 heterocycles. The van der Waals surface area contributed by atoms with E-state index in [4.69, 9.17) is 5.73 Å². The smallest absolute Gasteiger partial charge is 0.0380 e. The van der Waals surface area contributed by atoms with Crippen LogP contribution in [0.15, 0.2) is 22.7 Å². The van der Waals surface area contributed by atoms with Gasteiger partial charge in [-0.25, -0.2) is 0 Å². The van der Waals surface area contributed by atoms with Crippen LogP contribution in [0.1, 0.15) is 31.2 Å².